The molecule has 8 heteroatoms. The minimum atomic E-state index is -0.0944. The molecule has 1 atom stereocenters. The quantitative estimate of drug-likeness (QED) is 0.442. The summed E-state index contributed by atoms with van der Waals surface area (Å²) in [6.45, 7) is 13.0. The number of amides is 1. The molecule has 1 amide bonds. The zero-order chi connectivity index (χ0) is 22.1. The lowest BCUT2D eigenvalue weighted by Crippen LogP contribution is -2.54. The number of aromatic nitrogens is 1. The van der Waals surface area contributed by atoms with Crippen LogP contribution in [0.5, 0.6) is 5.88 Å². The highest BCUT2D eigenvalue weighted by Crippen LogP contribution is 2.23. The van der Waals surface area contributed by atoms with Crippen molar-refractivity contribution in [3.8, 4) is 5.88 Å². The van der Waals surface area contributed by atoms with Crippen LogP contribution in [0.25, 0.3) is 0 Å². The Hall–Kier alpha value is -1.80. The molecule has 164 valence electrons. The second kappa shape index (κ2) is 12.2. The molecule has 0 aliphatic carbocycles. The van der Waals surface area contributed by atoms with Crippen LogP contribution in [0.1, 0.15) is 26.3 Å². The minimum absolute atomic E-state index is 0.0788. The van der Waals surface area contributed by atoms with Crippen LogP contribution in [0.15, 0.2) is 48.2 Å². The third kappa shape index (κ3) is 7.47. The maximum atomic E-state index is 12.7. The molecule has 1 aromatic heterocycles. The van der Waals surface area contributed by atoms with E-state index in [1.165, 1.54) is 11.8 Å². The molecule has 1 aliphatic rings. The first-order chi connectivity index (χ1) is 14.3. The highest BCUT2D eigenvalue weighted by atomic mass is 35.5. The third-order valence-electron chi connectivity index (χ3n) is 4.84. The number of carbonyl (C=O) groups is 1. The van der Waals surface area contributed by atoms with Crippen LogP contribution in [-0.2, 0) is 10.5 Å². The van der Waals surface area contributed by atoms with Gasteiger partial charge in [-0.25, -0.2) is 4.98 Å². The standard InChI is InChI=1S/C22H30ClN3O3S/c1-5-18(7-6-16(2)3)13-25-8-9-26(12-17(25)4)21(27)14-29-22-19(15-30-28)10-20(23)11-24-22/h5-7,10-11,17,28H,1,8-9,12-15H2,2-4H3/b18-7+/t17-/m0/s1. The highest BCUT2D eigenvalue weighted by molar-refractivity contribution is 7.92. The summed E-state index contributed by atoms with van der Waals surface area (Å²) in [5, 5.41) is 0.459. The number of halogens is 1. The lowest BCUT2D eigenvalue weighted by atomic mass is 10.1. The molecule has 0 radical (unpaired) electrons. The lowest BCUT2D eigenvalue weighted by Gasteiger charge is -2.40. The van der Waals surface area contributed by atoms with Gasteiger partial charge in [0.05, 0.1) is 5.02 Å². The molecule has 0 aromatic carbocycles. The van der Waals surface area contributed by atoms with Crippen molar-refractivity contribution in [2.75, 3.05) is 32.8 Å². The Morgan fingerprint density at radius 1 is 1.43 bits per heavy atom. The first kappa shape index (κ1) is 24.5. The van der Waals surface area contributed by atoms with Gasteiger partial charge >= 0.3 is 0 Å². The number of hydrogen-bond acceptors (Lipinski definition) is 6. The molecule has 1 fully saturated rings. The molecule has 30 heavy (non-hydrogen) atoms. The van der Waals surface area contributed by atoms with Gasteiger partial charge in [0, 0.05) is 49.7 Å². The molecule has 6 nitrogen and oxygen atoms in total. The molecule has 1 saturated heterocycles. The Bertz CT molecular complexity index is 809. The zero-order valence-electron chi connectivity index (χ0n) is 17.8. The topological polar surface area (TPSA) is 65.9 Å². The van der Waals surface area contributed by atoms with Gasteiger partial charge in [-0.15, -0.1) is 0 Å². The highest BCUT2D eigenvalue weighted by Gasteiger charge is 2.27. The van der Waals surface area contributed by atoms with E-state index in [2.05, 4.69) is 49.4 Å². The van der Waals surface area contributed by atoms with E-state index in [0.717, 1.165) is 18.7 Å². The number of carbonyl (C=O) groups excluding carboxylic acids is 1. The molecule has 0 unspecified atom stereocenters. The molecule has 0 saturated carbocycles. The number of piperazine rings is 1. The van der Waals surface area contributed by atoms with E-state index in [0.29, 0.717) is 47.4 Å². The van der Waals surface area contributed by atoms with E-state index in [-0.39, 0.29) is 18.6 Å². The van der Waals surface area contributed by atoms with E-state index < -0.39 is 0 Å². The van der Waals surface area contributed by atoms with Crippen LogP contribution in [-0.4, -0.2) is 64.1 Å². The average Bonchev–Trinajstić information content (AvgIpc) is 2.71. The van der Waals surface area contributed by atoms with Gasteiger partial charge in [-0.1, -0.05) is 42.0 Å². The van der Waals surface area contributed by atoms with Gasteiger partial charge in [0.25, 0.3) is 5.91 Å². The molecular weight excluding hydrogens is 422 g/mol. The van der Waals surface area contributed by atoms with Crippen LogP contribution in [0.4, 0.5) is 0 Å². The van der Waals surface area contributed by atoms with Crippen LogP contribution in [0.3, 0.4) is 0 Å². The van der Waals surface area contributed by atoms with Crippen molar-refractivity contribution in [2.24, 2.45) is 0 Å². The molecule has 0 bridgehead atoms. The number of rotatable bonds is 9. The Kier molecular flexibility index (Phi) is 9.91. The molecule has 2 rings (SSSR count). The summed E-state index contributed by atoms with van der Waals surface area (Å²) in [7, 11) is 0. The molecule has 1 aliphatic heterocycles. The van der Waals surface area contributed by atoms with Gasteiger partial charge in [-0.3, -0.25) is 9.69 Å². The second-order valence-electron chi connectivity index (χ2n) is 7.53. The van der Waals surface area contributed by atoms with Crippen LogP contribution in [0, 0.1) is 0 Å². The van der Waals surface area contributed by atoms with E-state index in [9.17, 15) is 4.79 Å². The summed E-state index contributed by atoms with van der Waals surface area (Å²) in [6.07, 6.45) is 7.54. The largest absolute Gasteiger partial charge is 0.467 e. The predicted octanol–water partition coefficient (Wildman–Crippen LogP) is 4.43. The molecule has 1 aromatic rings. The molecule has 2 heterocycles. The van der Waals surface area contributed by atoms with Crippen LogP contribution >= 0.6 is 23.6 Å². The fourth-order valence-corrected chi connectivity index (χ4v) is 3.67. The van der Waals surface area contributed by atoms with Crippen molar-refractivity contribution in [1.29, 1.82) is 0 Å². The van der Waals surface area contributed by atoms with Crippen molar-refractivity contribution in [3.63, 3.8) is 0 Å². The number of allylic oxidation sites excluding steroid dienone is 3. The van der Waals surface area contributed by atoms with E-state index >= 15 is 0 Å². The SMILES string of the molecule is C=C/C(=C\C=C(C)C)CN1CCN(C(=O)COc2ncc(Cl)cc2CSO)C[C@@H]1C. The molecular formula is C22H30ClN3O3S. The van der Waals surface area contributed by atoms with Gasteiger partial charge in [0.15, 0.2) is 6.61 Å². The average molecular weight is 452 g/mol. The first-order valence-corrected chi connectivity index (χ1v) is 11.2. The minimum Gasteiger partial charge on any atom is -0.467 e. The van der Waals surface area contributed by atoms with Crippen molar-refractivity contribution in [3.05, 3.63) is 58.8 Å². The number of ether oxygens (including phenoxy) is 1. The summed E-state index contributed by atoms with van der Waals surface area (Å²) < 4.78 is 14.7. The second-order valence-corrected chi connectivity index (χ2v) is 8.51. The predicted molar refractivity (Wildman–Crippen MR) is 124 cm³/mol. The number of nitrogens with zero attached hydrogens (tertiary/aromatic N) is 3. The van der Waals surface area contributed by atoms with Gasteiger partial charge in [-0.2, -0.15) is 0 Å². The zero-order valence-corrected chi connectivity index (χ0v) is 19.4. The Balaban J connectivity index is 1.91. The summed E-state index contributed by atoms with van der Waals surface area (Å²) >= 11 is 6.60. The van der Waals surface area contributed by atoms with Crippen molar-refractivity contribution in [2.45, 2.75) is 32.6 Å². The fourth-order valence-electron chi connectivity index (χ4n) is 3.14. The van der Waals surface area contributed by atoms with Crippen molar-refractivity contribution in [1.82, 2.24) is 14.8 Å². The number of hydrogen-bond donors (Lipinski definition) is 1. The van der Waals surface area contributed by atoms with E-state index in [1.807, 2.05) is 11.0 Å². The van der Waals surface area contributed by atoms with Gasteiger partial charge in [0.2, 0.25) is 5.88 Å². The molecule has 1 N–H and O–H groups in total. The Morgan fingerprint density at radius 2 is 2.20 bits per heavy atom. The summed E-state index contributed by atoms with van der Waals surface area (Å²) in [6, 6.07) is 1.91. The molecule has 0 spiro atoms. The number of pyridine rings is 1. The normalized spacial score (nSPS) is 17.6. The summed E-state index contributed by atoms with van der Waals surface area (Å²) in [5.74, 6) is 0.532. The van der Waals surface area contributed by atoms with Crippen LogP contribution < -0.4 is 4.74 Å². The Morgan fingerprint density at radius 3 is 2.83 bits per heavy atom. The van der Waals surface area contributed by atoms with Crippen molar-refractivity contribution < 1.29 is 14.1 Å². The monoisotopic (exact) mass is 451 g/mol. The van der Waals surface area contributed by atoms with Crippen LogP contribution in [0.2, 0.25) is 5.02 Å². The first-order valence-electron chi connectivity index (χ1n) is 9.86. The van der Waals surface area contributed by atoms with E-state index in [4.69, 9.17) is 20.9 Å². The van der Waals surface area contributed by atoms with E-state index in [1.54, 1.807) is 6.07 Å². The Labute approximate surface area is 188 Å². The fraction of sp³-hybridized carbons (Fsp3) is 0.455. The smallest absolute Gasteiger partial charge is 0.260 e. The van der Waals surface area contributed by atoms with Crippen molar-refractivity contribution >= 4 is 29.6 Å². The van der Waals surface area contributed by atoms with Gasteiger partial charge < -0.3 is 14.2 Å². The summed E-state index contributed by atoms with van der Waals surface area (Å²) in [5.41, 5.74) is 3.06. The van der Waals surface area contributed by atoms with Gasteiger partial charge in [-0.05, 0) is 44.5 Å². The summed E-state index contributed by atoms with van der Waals surface area (Å²) in [4.78, 5) is 21.0. The maximum Gasteiger partial charge on any atom is 0.260 e. The third-order valence-corrected chi connectivity index (χ3v) is 5.49. The maximum absolute atomic E-state index is 12.7. The lowest BCUT2D eigenvalue weighted by molar-refractivity contribution is -0.136. The van der Waals surface area contributed by atoms with Gasteiger partial charge in [0.1, 0.15) is 0 Å².